The molecular formula is C10H22N2S. The summed E-state index contributed by atoms with van der Waals surface area (Å²) in [7, 11) is 4.25. The van der Waals surface area contributed by atoms with Crippen molar-refractivity contribution in [3.8, 4) is 0 Å². The highest BCUT2D eigenvalue weighted by molar-refractivity contribution is 7.99. The Kier molecular flexibility index (Phi) is 5.14. The smallest absolute Gasteiger partial charge is 0.0198 e. The molecule has 1 saturated carbocycles. The lowest BCUT2D eigenvalue weighted by molar-refractivity contribution is 0.385. The molecule has 0 spiro atoms. The van der Waals surface area contributed by atoms with E-state index in [1.54, 1.807) is 0 Å². The van der Waals surface area contributed by atoms with Crippen molar-refractivity contribution >= 4 is 11.8 Å². The fraction of sp³-hybridized carbons (Fsp3) is 1.00. The van der Waals surface area contributed by atoms with Crippen molar-refractivity contribution in [2.75, 3.05) is 33.4 Å². The lowest BCUT2D eigenvalue weighted by Gasteiger charge is -2.20. The molecule has 2 atom stereocenters. The van der Waals surface area contributed by atoms with Crippen molar-refractivity contribution in [2.24, 2.45) is 0 Å². The Labute approximate surface area is 86.5 Å². The summed E-state index contributed by atoms with van der Waals surface area (Å²) < 4.78 is 0. The second-order valence-corrected chi connectivity index (χ2v) is 5.15. The monoisotopic (exact) mass is 202 g/mol. The molecule has 1 aliphatic carbocycles. The average molecular weight is 202 g/mol. The summed E-state index contributed by atoms with van der Waals surface area (Å²) in [5.41, 5.74) is 0. The molecule has 0 aromatic heterocycles. The predicted octanol–water partition coefficient (Wildman–Crippen LogP) is 1.42. The van der Waals surface area contributed by atoms with Gasteiger partial charge in [0.1, 0.15) is 0 Å². The molecule has 13 heavy (non-hydrogen) atoms. The standard InChI is InChI=1S/C10H22N2S/c1-12(2)8-7-11-9-5-4-6-10(9)13-3/h9-11H,4-8H2,1-3H3. The third kappa shape index (κ3) is 3.88. The fourth-order valence-corrected chi connectivity index (χ4v) is 2.88. The molecule has 3 heteroatoms. The highest BCUT2D eigenvalue weighted by atomic mass is 32.2. The summed E-state index contributed by atoms with van der Waals surface area (Å²) in [6, 6.07) is 0.773. The minimum atomic E-state index is 0.773. The van der Waals surface area contributed by atoms with Gasteiger partial charge in [-0.3, -0.25) is 0 Å². The van der Waals surface area contributed by atoms with Gasteiger partial charge in [-0.25, -0.2) is 0 Å². The normalized spacial score (nSPS) is 28.6. The summed E-state index contributed by atoms with van der Waals surface area (Å²) in [5, 5.41) is 4.51. The molecule has 0 bridgehead atoms. The number of nitrogens with zero attached hydrogens (tertiary/aromatic N) is 1. The van der Waals surface area contributed by atoms with Gasteiger partial charge in [0, 0.05) is 24.4 Å². The Morgan fingerprint density at radius 3 is 2.77 bits per heavy atom. The van der Waals surface area contributed by atoms with Gasteiger partial charge >= 0.3 is 0 Å². The molecule has 0 aromatic carbocycles. The molecule has 1 rings (SSSR count). The van der Waals surface area contributed by atoms with E-state index in [0.29, 0.717) is 0 Å². The summed E-state index contributed by atoms with van der Waals surface area (Å²) >= 11 is 2.02. The minimum absolute atomic E-state index is 0.773. The molecule has 0 saturated heterocycles. The second-order valence-electron chi connectivity index (χ2n) is 4.07. The number of rotatable bonds is 5. The van der Waals surface area contributed by atoms with E-state index in [1.807, 2.05) is 11.8 Å². The third-order valence-corrected chi connectivity index (χ3v) is 3.89. The minimum Gasteiger partial charge on any atom is -0.312 e. The first kappa shape index (κ1) is 11.3. The number of thioether (sulfide) groups is 1. The van der Waals surface area contributed by atoms with Crippen LogP contribution in [0, 0.1) is 0 Å². The van der Waals surface area contributed by atoms with Crippen molar-refractivity contribution < 1.29 is 0 Å². The largest absolute Gasteiger partial charge is 0.312 e. The molecule has 0 aliphatic heterocycles. The molecule has 78 valence electrons. The summed E-state index contributed by atoms with van der Waals surface area (Å²) in [4.78, 5) is 2.23. The topological polar surface area (TPSA) is 15.3 Å². The first-order valence-electron chi connectivity index (χ1n) is 5.15. The van der Waals surface area contributed by atoms with Crippen LogP contribution >= 0.6 is 11.8 Å². The summed E-state index contributed by atoms with van der Waals surface area (Å²) in [5.74, 6) is 0. The Balaban J connectivity index is 2.13. The van der Waals surface area contributed by atoms with Crippen molar-refractivity contribution in [2.45, 2.75) is 30.6 Å². The van der Waals surface area contributed by atoms with E-state index < -0.39 is 0 Å². The van der Waals surface area contributed by atoms with Crippen LogP contribution in [0.1, 0.15) is 19.3 Å². The average Bonchev–Trinajstić information content (AvgIpc) is 2.51. The molecular weight excluding hydrogens is 180 g/mol. The Hall–Kier alpha value is 0.270. The van der Waals surface area contributed by atoms with Crippen LogP contribution in [0.15, 0.2) is 0 Å². The van der Waals surface area contributed by atoms with Crippen LogP contribution in [0.5, 0.6) is 0 Å². The molecule has 0 radical (unpaired) electrons. The van der Waals surface area contributed by atoms with Gasteiger partial charge in [-0.2, -0.15) is 11.8 Å². The van der Waals surface area contributed by atoms with E-state index >= 15 is 0 Å². The zero-order valence-corrected chi connectivity index (χ0v) is 9.86. The maximum absolute atomic E-state index is 3.65. The van der Waals surface area contributed by atoms with Gasteiger partial charge < -0.3 is 10.2 Å². The molecule has 2 unspecified atom stereocenters. The van der Waals surface area contributed by atoms with E-state index in [0.717, 1.165) is 24.4 Å². The zero-order valence-electron chi connectivity index (χ0n) is 9.05. The van der Waals surface area contributed by atoms with Crippen LogP contribution in [-0.4, -0.2) is 49.6 Å². The molecule has 0 amide bonds. The van der Waals surface area contributed by atoms with Crippen LogP contribution in [-0.2, 0) is 0 Å². The highest BCUT2D eigenvalue weighted by Gasteiger charge is 2.25. The maximum atomic E-state index is 3.65. The van der Waals surface area contributed by atoms with E-state index in [-0.39, 0.29) is 0 Å². The lowest BCUT2D eigenvalue weighted by Crippen LogP contribution is -2.38. The first-order chi connectivity index (χ1) is 6.24. The maximum Gasteiger partial charge on any atom is 0.0198 e. The van der Waals surface area contributed by atoms with Gasteiger partial charge in [0.2, 0.25) is 0 Å². The molecule has 1 aliphatic rings. The van der Waals surface area contributed by atoms with Gasteiger partial charge in [-0.15, -0.1) is 0 Å². The second kappa shape index (κ2) is 5.89. The van der Waals surface area contributed by atoms with Gasteiger partial charge in [0.05, 0.1) is 0 Å². The van der Waals surface area contributed by atoms with Crippen molar-refractivity contribution in [3.63, 3.8) is 0 Å². The zero-order chi connectivity index (χ0) is 9.68. The molecule has 0 heterocycles. The summed E-state index contributed by atoms with van der Waals surface area (Å²) in [6.07, 6.45) is 6.42. The fourth-order valence-electron chi connectivity index (χ4n) is 1.92. The van der Waals surface area contributed by atoms with Crippen LogP contribution in [0.25, 0.3) is 0 Å². The molecule has 1 N–H and O–H groups in total. The molecule has 1 fully saturated rings. The van der Waals surface area contributed by atoms with Gasteiger partial charge in [0.15, 0.2) is 0 Å². The van der Waals surface area contributed by atoms with E-state index in [2.05, 4.69) is 30.6 Å². The quantitative estimate of drug-likeness (QED) is 0.726. The van der Waals surface area contributed by atoms with Crippen LogP contribution in [0.4, 0.5) is 0 Å². The Morgan fingerprint density at radius 2 is 2.15 bits per heavy atom. The third-order valence-electron chi connectivity index (χ3n) is 2.72. The Morgan fingerprint density at radius 1 is 1.38 bits per heavy atom. The van der Waals surface area contributed by atoms with Crippen LogP contribution in [0.2, 0.25) is 0 Å². The van der Waals surface area contributed by atoms with Crippen molar-refractivity contribution in [1.82, 2.24) is 10.2 Å². The van der Waals surface area contributed by atoms with Gasteiger partial charge in [0.25, 0.3) is 0 Å². The summed E-state index contributed by atoms with van der Waals surface area (Å²) in [6.45, 7) is 2.28. The number of hydrogen-bond donors (Lipinski definition) is 1. The molecule has 2 nitrogen and oxygen atoms in total. The van der Waals surface area contributed by atoms with Gasteiger partial charge in [-0.05, 0) is 33.2 Å². The van der Waals surface area contributed by atoms with Gasteiger partial charge in [-0.1, -0.05) is 6.42 Å². The van der Waals surface area contributed by atoms with Crippen LogP contribution < -0.4 is 5.32 Å². The van der Waals surface area contributed by atoms with E-state index in [9.17, 15) is 0 Å². The van der Waals surface area contributed by atoms with E-state index in [4.69, 9.17) is 0 Å². The van der Waals surface area contributed by atoms with Crippen molar-refractivity contribution in [3.05, 3.63) is 0 Å². The van der Waals surface area contributed by atoms with Crippen LogP contribution in [0.3, 0.4) is 0 Å². The first-order valence-corrected chi connectivity index (χ1v) is 6.43. The lowest BCUT2D eigenvalue weighted by atomic mass is 10.2. The van der Waals surface area contributed by atoms with E-state index in [1.165, 1.54) is 19.3 Å². The molecule has 0 aromatic rings. The number of hydrogen-bond acceptors (Lipinski definition) is 3. The number of nitrogens with one attached hydrogen (secondary N) is 1. The SMILES string of the molecule is CSC1CCCC1NCCN(C)C. The van der Waals surface area contributed by atoms with Crippen molar-refractivity contribution in [1.29, 1.82) is 0 Å². The Bertz CT molecular complexity index is 139. The predicted molar refractivity (Wildman–Crippen MR) is 61.5 cm³/mol. The number of likely N-dealkylation sites (N-methyl/N-ethyl adjacent to an activating group) is 1. The highest BCUT2D eigenvalue weighted by Crippen LogP contribution is 2.28.